The van der Waals surface area contributed by atoms with E-state index in [0.717, 1.165) is 24.3 Å². The standard InChI is InChI=1S/C13H7FN4O3S2/c14-7-1-3-8(4-2-7)23(20,21)13-11-15-12(19)10-9(5-6-22-10)18(11)17-16-13/h1-6H,(H,15,19). The predicted octanol–water partition coefficient (Wildman–Crippen LogP) is 1.60. The maximum absolute atomic E-state index is 13.0. The molecule has 4 rings (SSSR count). The quantitative estimate of drug-likeness (QED) is 0.554. The smallest absolute Gasteiger partial charge is 0.269 e. The van der Waals surface area contributed by atoms with Gasteiger partial charge in [0.2, 0.25) is 14.9 Å². The number of aromatic amines is 1. The van der Waals surface area contributed by atoms with Gasteiger partial charge in [0.15, 0.2) is 5.65 Å². The summed E-state index contributed by atoms with van der Waals surface area (Å²) in [5.74, 6) is -0.551. The summed E-state index contributed by atoms with van der Waals surface area (Å²) < 4.78 is 40.0. The lowest BCUT2D eigenvalue weighted by molar-refractivity contribution is 0.591. The molecule has 0 saturated carbocycles. The third kappa shape index (κ3) is 1.99. The van der Waals surface area contributed by atoms with Crippen LogP contribution >= 0.6 is 11.3 Å². The number of rotatable bonds is 2. The number of hydrogen-bond acceptors (Lipinski definition) is 6. The summed E-state index contributed by atoms with van der Waals surface area (Å²) in [6, 6.07) is 6.01. The van der Waals surface area contributed by atoms with E-state index in [1.807, 2.05) is 0 Å². The fourth-order valence-electron chi connectivity index (χ4n) is 2.25. The molecule has 0 amide bonds. The van der Waals surface area contributed by atoms with Crippen LogP contribution < -0.4 is 5.56 Å². The van der Waals surface area contributed by atoms with Crippen molar-refractivity contribution in [3.8, 4) is 0 Å². The third-order valence-electron chi connectivity index (χ3n) is 3.33. The number of hydrogen-bond donors (Lipinski definition) is 1. The number of benzene rings is 1. The topological polar surface area (TPSA) is 97.2 Å². The van der Waals surface area contributed by atoms with Crippen molar-refractivity contribution < 1.29 is 12.8 Å². The highest BCUT2D eigenvalue weighted by Gasteiger charge is 2.26. The minimum atomic E-state index is -4.04. The van der Waals surface area contributed by atoms with E-state index < -0.39 is 21.2 Å². The largest absolute Gasteiger partial charge is 0.303 e. The van der Waals surface area contributed by atoms with E-state index >= 15 is 0 Å². The van der Waals surface area contributed by atoms with Crippen molar-refractivity contribution >= 4 is 37.0 Å². The summed E-state index contributed by atoms with van der Waals surface area (Å²) in [5, 5.41) is 8.85. The van der Waals surface area contributed by atoms with Crippen molar-refractivity contribution in [2.45, 2.75) is 9.92 Å². The lowest BCUT2D eigenvalue weighted by atomic mass is 10.4. The molecule has 0 fully saturated rings. The monoisotopic (exact) mass is 350 g/mol. The summed E-state index contributed by atoms with van der Waals surface area (Å²) in [7, 11) is -4.04. The minimum absolute atomic E-state index is 0.0229. The summed E-state index contributed by atoms with van der Waals surface area (Å²) in [4.78, 5) is 14.4. The summed E-state index contributed by atoms with van der Waals surface area (Å²) in [5.41, 5.74) is 0.0346. The van der Waals surface area contributed by atoms with E-state index in [2.05, 4.69) is 15.3 Å². The molecular weight excluding hydrogens is 343 g/mol. The normalized spacial score (nSPS) is 12.2. The maximum atomic E-state index is 13.0. The first-order valence-electron chi connectivity index (χ1n) is 6.34. The van der Waals surface area contributed by atoms with Gasteiger partial charge < -0.3 is 4.98 Å². The molecule has 0 aliphatic rings. The number of thiophene rings is 1. The van der Waals surface area contributed by atoms with Crippen LogP contribution in [0.15, 0.2) is 50.4 Å². The number of halogens is 1. The minimum Gasteiger partial charge on any atom is -0.303 e. The van der Waals surface area contributed by atoms with Crippen molar-refractivity contribution in [2.24, 2.45) is 0 Å². The zero-order chi connectivity index (χ0) is 16.2. The Labute approximate surface area is 131 Å². The van der Waals surface area contributed by atoms with Crippen LogP contribution in [0.3, 0.4) is 0 Å². The second-order valence-corrected chi connectivity index (χ2v) is 7.48. The molecule has 1 aromatic carbocycles. The average Bonchev–Trinajstić information content (AvgIpc) is 3.14. The fourth-order valence-corrected chi connectivity index (χ4v) is 4.27. The molecule has 116 valence electrons. The fraction of sp³-hybridized carbons (Fsp3) is 0. The lowest BCUT2D eigenvalue weighted by Gasteiger charge is -2.01. The Morgan fingerprint density at radius 1 is 1.17 bits per heavy atom. The van der Waals surface area contributed by atoms with Crippen molar-refractivity contribution in [1.82, 2.24) is 19.8 Å². The summed E-state index contributed by atoms with van der Waals surface area (Å²) in [6.45, 7) is 0. The molecule has 23 heavy (non-hydrogen) atoms. The van der Waals surface area contributed by atoms with Crippen LogP contribution in [0.25, 0.3) is 15.9 Å². The molecule has 0 spiro atoms. The maximum Gasteiger partial charge on any atom is 0.269 e. The number of aromatic nitrogens is 4. The first kappa shape index (κ1) is 14.0. The molecule has 0 saturated heterocycles. The molecule has 0 atom stereocenters. The van der Waals surface area contributed by atoms with Gasteiger partial charge >= 0.3 is 0 Å². The molecule has 0 aliphatic carbocycles. The van der Waals surface area contributed by atoms with Gasteiger partial charge in [0.05, 0.1) is 10.4 Å². The van der Waals surface area contributed by atoms with Crippen LogP contribution in [0.4, 0.5) is 4.39 Å². The first-order chi connectivity index (χ1) is 11.0. The highest BCUT2D eigenvalue weighted by molar-refractivity contribution is 7.91. The van der Waals surface area contributed by atoms with Gasteiger partial charge in [0.1, 0.15) is 10.5 Å². The van der Waals surface area contributed by atoms with Crippen LogP contribution in [-0.2, 0) is 9.84 Å². The number of nitrogens with one attached hydrogen (secondary N) is 1. The van der Waals surface area contributed by atoms with E-state index in [4.69, 9.17) is 0 Å². The second kappa shape index (κ2) is 4.70. The van der Waals surface area contributed by atoms with Gasteiger partial charge in [-0.25, -0.2) is 12.8 Å². The Bertz CT molecular complexity index is 1210. The Balaban J connectivity index is 2.04. The SMILES string of the molecule is O=c1[nH]c2c(S(=O)(=O)c3ccc(F)cc3)nnn2c2ccsc12. The highest BCUT2D eigenvalue weighted by atomic mass is 32.2. The molecule has 3 aromatic heterocycles. The van der Waals surface area contributed by atoms with E-state index in [0.29, 0.717) is 10.2 Å². The van der Waals surface area contributed by atoms with Crippen LogP contribution in [0, 0.1) is 5.82 Å². The zero-order valence-electron chi connectivity index (χ0n) is 11.2. The van der Waals surface area contributed by atoms with Gasteiger partial charge in [-0.2, -0.15) is 4.52 Å². The second-order valence-electron chi connectivity index (χ2n) is 4.70. The zero-order valence-corrected chi connectivity index (χ0v) is 12.9. The van der Waals surface area contributed by atoms with Gasteiger partial charge in [-0.3, -0.25) is 4.79 Å². The third-order valence-corrected chi connectivity index (χ3v) is 5.91. The van der Waals surface area contributed by atoms with Crippen molar-refractivity contribution in [2.75, 3.05) is 0 Å². The van der Waals surface area contributed by atoms with Gasteiger partial charge in [0.25, 0.3) is 5.56 Å². The van der Waals surface area contributed by atoms with E-state index in [1.54, 1.807) is 11.4 Å². The van der Waals surface area contributed by atoms with Crippen LogP contribution in [0.2, 0.25) is 0 Å². The predicted molar refractivity (Wildman–Crippen MR) is 80.8 cm³/mol. The van der Waals surface area contributed by atoms with Crippen molar-refractivity contribution in [1.29, 1.82) is 0 Å². The van der Waals surface area contributed by atoms with E-state index in [9.17, 15) is 17.6 Å². The number of fused-ring (bicyclic) bond motifs is 3. The number of H-pyrrole nitrogens is 1. The van der Waals surface area contributed by atoms with E-state index in [-0.39, 0.29) is 15.6 Å². The lowest BCUT2D eigenvalue weighted by Crippen LogP contribution is -2.10. The van der Waals surface area contributed by atoms with Gasteiger partial charge in [-0.1, -0.05) is 5.21 Å². The average molecular weight is 350 g/mol. The van der Waals surface area contributed by atoms with Gasteiger partial charge in [-0.05, 0) is 35.7 Å². The van der Waals surface area contributed by atoms with E-state index in [1.165, 1.54) is 15.9 Å². The van der Waals surface area contributed by atoms with Crippen LogP contribution in [0.5, 0.6) is 0 Å². The summed E-state index contributed by atoms with van der Waals surface area (Å²) in [6.07, 6.45) is 0. The first-order valence-corrected chi connectivity index (χ1v) is 8.70. The highest BCUT2D eigenvalue weighted by Crippen LogP contribution is 2.24. The molecule has 0 aliphatic heterocycles. The van der Waals surface area contributed by atoms with Gasteiger partial charge in [-0.15, -0.1) is 16.4 Å². The molecule has 0 radical (unpaired) electrons. The van der Waals surface area contributed by atoms with Crippen molar-refractivity contribution in [3.63, 3.8) is 0 Å². The van der Waals surface area contributed by atoms with Crippen LogP contribution in [-0.4, -0.2) is 28.2 Å². The molecule has 0 bridgehead atoms. The molecule has 10 heteroatoms. The summed E-state index contributed by atoms with van der Waals surface area (Å²) >= 11 is 1.22. The molecule has 3 heterocycles. The molecule has 0 unspecified atom stereocenters. The molecule has 1 N–H and O–H groups in total. The Kier molecular flexibility index (Phi) is 2.87. The molecular formula is C13H7FN4O3S2. The van der Waals surface area contributed by atoms with Gasteiger partial charge in [0, 0.05) is 0 Å². The molecule has 4 aromatic rings. The number of sulfone groups is 1. The Morgan fingerprint density at radius 3 is 2.65 bits per heavy atom. The number of nitrogens with zero attached hydrogens (tertiary/aromatic N) is 3. The Hall–Kier alpha value is -2.59. The Morgan fingerprint density at radius 2 is 1.91 bits per heavy atom. The van der Waals surface area contributed by atoms with Crippen LogP contribution in [0.1, 0.15) is 0 Å². The van der Waals surface area contributed by atoms with Crippen molar-refractivity contribution in [3.05, 3.63) is 51.9 Å². The molecule has 7 nitrogen and oxygen atoms in total.